The third-order valence-electron chi connectivity index (χ3n) is 3.05. The van der Waals surface area contributed by atoms with Gasteiger partial charge < -0.3 is 10.1 Å². The van der Waals surface area contributed by atoms with E-state index in [2.05, 4.69) is 10.4 Å². The van der Waals surface area contributed by atoms with Crippen LogP contribution < -0.4 is 10.1 Å². The lowest BCUT2D eigenvalue weighted by atomic mass is 10.2. The fraction of sp³-hybridized carbons (Fsp3) is 0.333. The van der Waals surface area contributed by atoms with Gasteiger partial charge in [0.2, 0.25) is 5.91 Å². The van der Waals surface area contributed by atoms with E-state index in [0.717, 1.165) is 17.1 Å². The van der Waals surface area contributed by atoms with E-state index in [4.69, 9.17) is 4.74 Å². The SMILES string of the molecule is COc1ccc(NC(=O)CC(C)n2ccc(C)n2)cc1. The second kappa shape index (κ2) is 6.23. The number of methoxy groups -OCH3 is 1. The summed E-state index contributed by atoms with van der Waals surface area (Å²) in [6, 6.07) is 9.23. The molecule has 1 N–H and O–H groups in total. The summed E-state index contributed by atoms with van der Waals surface area (Å²) >= 11 is 0. The number of rotatable bonds is 5. The van der Waals surface area contributed by atoms with Gasteiger partial charge in [-0.15, -0.1) is 0 Å². The molecule has 0 radical (unpaired) electrons. The molecule has 1 amide bonds. The fourth-order valence-electron chi connectivity index (χ4n) is 1.93. The first-order valence-electron chi connectivity index (χ1n) is 6.54. The Labute approximate surface area is 118 Å². The smallest absolute Gasteiger partial charge is 0.226 e. The molecule has 1 atom stereocenters. The molecule has 2 rings (SSSR count). The Morgan fingerprint density at radius 2 is 2.05 bits per heavy atom. The number of carbonyl (C=O) groups excluding carboxylic acids is 1. The maximum absolute atomic E-state index is 12.0. The average Bonchev–Trinajstić information content (AvgIpc) is 2.86. The number of hydrogen-bond acceptors (Lipinski definition) is 3. The summed E-state index contributed by atoms with van der Waals surface area (Å²) in [4.78, 5) is 12.0. The maximum atomic E-state index is 12.0. The Hall–Kier alpha value is -2.30. The van der Waals surface area contributed by atoms with Crippen molar-refractivity contribution >= 4 is 11.6 Å². The quantitative estimate of drug-likeness (QED) is 0.911. The van der Waals surface area contributed by atoms with Crippen LogP contribution in [0.5, 0.6) is 5.75 Å². The third-order valence-corrected chi connectivity index (χ3v) is 3.05. The first kappa shape index (κ1) is 14.1. The number of nitrogens with one attached hydrogen (secondary N) is 1. The second-order valence-electron chi connectivity index (χ2n) is 4.77. The average molecular weight is 273 g/mol. The van der Waals surface area contributed by atoms with E-state index in [1.54, 1.807) is 7.11 Å². The van der Waals surface area contributed by atoms with Crippen molar-refractivity contribution in [2.45, 2.75) is 26.3 Å². The van der Waals surface area contributed by atoms with Crippen molar-refractivity contribution in [3.05, 3.63) is 42.2 Å². The Balaban J connectivity index is 1.91. The van der Waals surface area contributed by atoms with Crippen molar-refractivity contribution in [1.82, 2.24) is 9.78 Å². The van der Waals surface area contributed by atoms with Gasteiger partial charge in [-0.3, -0.25) is 9.48 Å². The van der Waals surface area contributed by atoms with Gasteiger partial charge in [-0.25, -0.2) is 0 Å². The van der Waals surface area contributed by atoms with Crippen LogP contribution in [0.4, 0.5) is 5.69 Å². The summed E-state index contributed by atoms with van der Waals surface area (Å²) in [6.07, 6.45) is 2.27. The monoisotopic (exact) mass is 273 g/mol. The van der Waals surface area contributed by atoms with Gasteiger partial charge in [-0.05, 0) is 44.2 Å². The molecule has 5 nitrogen and oxygen atoms in total. The van der Waals surface area contributed by atoms with Crippen LogP contribution in [0.1, 0.15) is 25.1 Å². The van der Waals surface area contributed by atoms with Crippen molar-refractivity contribution in [1.29, 1.82) is 0 Å². The molecule has 0 fully saturated rings. The van der Waals surface area contributed by atoms with Gasteiger partial charge in [0.1, 0.15) is 5.75 Å². The van der Waals surface area contributed by atoms with E-state index in [1.807, 2.05) is 55.1 Å². The number of carbonyl (C=O) groups is 1. The highest BCUT2D eigenvalue weighted by molar-refractivity contribution is 5.90. The molecular weight excluding hydrogens is 254 g/mol. The number of ether oxygens (including phenoxy) is 1. The molecule has 1 unspecified atom stereocenters. The number of anilines is 1. The molecule has 0 bridgehead atoms. The number of benzene rings is 1. The summed E-state index contributed by atoms with van der Waals surface area (Å²) in [5.41, 5.74) is 1.71. The Morgan fingerprint density at radius 3 is 2.60 bits per heavy atom. The van der Waals surface area contributed by atoms with Crippen LogP contribution in [-0.2, 0) is 4.79 Å². The predicted octanol–water partition coefficient (Wildman–Crippen LogP) is 2.79. The van der Waals surface area contributed by atoms with E-state index in [9.17, 15) is 4.79 Å². The van der Waals surface area contributed by atoms with Gasteiger partial charge in [0.25, 0.3) is 0 Å². The van der Waals surface area contributed by atoms with Gasteiger partial charge in [0.05, 0.1) is 18.8 Å². The van der Waals surface area contributed by atoms with Crippen molar-refractivity contribution in [2.75, 3.05) is 12.4 Å². The molecule has 0 aliphatic carbocycles. The van der Waals surface area contributed by atoms with Gasteiger partial charge in [0.15, 0.2) is 0 Å². The van der Waals surface area contributed by atoms with Crippen molar-refractivity contribution in [3.63, 3.8) is 0 Å². The zero-order valence-corrected chi connectivity index (χ0v) is 12.0. The molecule has 0 saturated carbocycles. The van der Waals surface area contributed by atoms with Crippen LogP contribution in [0.2, 0.25) is 0 Å². The predicted molar refractivity (Wildman–Crippen MR) is 77.9 cm³/mol. The van der Waals surface area contributed by atoms with E-state index in [-0.39, 0.29) is 11.9 Å². The number of amides is 1. The maximum Gasteiger partial charge on any atom is 0.226 e. The number of aromatic nitrogens is 2. The van der Waals surface area contributed by atoms with Crippen LogP contribution in [0.15, 0.2) is 36.5 Å². The van der Waals surface area contributed by atoms with Gasteiger partial charge >= 0.3 is 0 Å². The molecule has 20 heavy (non-hydrogen) atoms. The molecule has 0 spiro atoms. The highest BCUT2D eigenvalue weighted by Crippen LogP contribution is 2.16. The van der Waals surface area contributed by atoms with Gasteiger partial charge in [0, 0.05) is 18.3 Å². The van der Waals surface area contributed by atoms with Gasteiger partial charge in [-0.1, -0.05) is 0 Å². The highest BCUT2D eigenvalue weighted by atomic mass is 16.5. The van der Waals surface area contributed by atoms with Crippen LogP contribution in [0, 0.1) is 6.92 Å². The largest absolute Gasteiger partial charge is 0.497 e. The molecule has 0 saturated heterocycles. The van der Waals surface area contributed by atoms with E-state index in [0.29, 0.717) is 6.42 Å². The molecule has 2 aromatic rings. The topological polar surface area (TPSA) is 56.1 Å². The molecular formula is C15H19N3O2. The molecule has 1 aromatic carbocycles. The third kappa shape index (κ3) is 3.60. The van der Waals surface area contributed by atoms with E-state index < -0.39 is 0 Å². The Morgan fingerprint density at radius 1 is 1.35 bits per heavy atom. The van der Waals surface area contributed by atoms with Crippen molar-refractivity contribution in [2.24, 2.45) is 0 Å². The minimum Gasteiger partial charge on any atom is -0.497 e. The fourth-order valence-corrected chi connectivity index (χ4v) is 1.93. The molecule has 1 aromatic heterocycles. The number of nitrogens with zero attached hydrogens (tertiary/aromatic N) is 2. The first-order chi connectivity index (χ1) is 9.58. The Kier molecular flexibility index (Phi) is 4.40. The van der Waals surface area contributed by atoms with Crippen LogP contribution in [0.3, 0.4) is 0 Å². The zero-order valence-electron chi connectivity index (χ0n) is 12.0. The molecule has 5 heteroatoms. The lowest BCUT2D eigenvalue weighted by molar-refractivity contribution is -0.116. The second-order valence-corrected chi connectivity index (χ2v) is 4.77. The minimum absolute atomic E-state index is 0.0296. The number of hydrogen-bond donors (Lipinski definition) is 1. The summed E-state index contributed by atoms with van der Waals surface area (Å²) in [5.74, 6) is 0.735. The Bertz CT molecular complexity index is 575. The number of aryl methyl sites for hydroxylation is 1. The summed E-state index contributed by atoms with van der Waals surface area (Å²) < 4.78 is 6.88. The summed E-state index contributed by atoms with van der Waals surface area (Å²) in [5, 5.41) is 7.18. The molecule has 0 aliphatic heterocycles. The normalized spacial score (nSPS) is 11.9. The van der Waals surface area contributed by atoms with Gasteiger partial charge in [-0.2, -0.15) is 5.10 Å². The highest BCUT2D eigenvalue weighted by Gasteiger charge is 2.11. The zero-order chi connectivity index (χ0) is 14.5. The van der Waals surface area contributed by atoms with Crippen LogP contribution in [-0.4, -0.2) is 22.8 Å². The summed E-state index contributed by atoms with van der Waals surface area (Å²) in [6.45, 7) is 3.90. The van der Waals surface area contributed by atoms with E-state index >= 15 is 0 Å². The summed E-state index contributed by atoms with van der Waals surface area (Å²) in [7, 11) is 1.61. The van der Waals surface area contributed by atoms with E-state index in [1.165, 1.54) is 0 Å². The van der Waals surface area contributed by atoms with Crippen molar-refractivity contribution < 1.29 is 9.53 Å². The lowest BCUT2D eigenvalue weighted by Gasteiger charge is -2.12. The van der Waals surface area contributed by atoms with Crippen LogP contribution in [0.25, 0.3) is 0 Å². The first-order valence-corrected chi connectivity index (χ1v) is 6.54. The van der Waals surface area contributed by atoms with Crippen LogP contribution >= 0.6 is 0 Å². The lowest BCUT2D eigenvalue weighted by Crippen LogP contribution is -2.18. The molecule has 1 heterocycles. The standard InChI is InChI=1S/C15H19N3O2/c1-11-8-9-18(17-11)12(2)10-15(19)16-13-4-6-14(20-3)7-5-13/h4-9,12H,10H2,1-3H3,(H,16,19). The van der Waals surface area contributed by atoms with Crippen molar-refractivity contribution in [3.8, 4) is 5.75 Å². The molecule has 106 valence electrons. The molecule has 0 aliphatic rings. The minimum atomic E-state index is -0.0316.